The molecule has 140 valence electrons. The number of rotatable bonds is 13. The quantitative estimate of drug-likeness (QED) is 0.268. The van der Waals surface area contributed by atoms with Crippen molar-refractivity contribution >= 4 is 11.9 Å². The highest BCUT2D eigenvalue weighted by Gasteiger charge is 2.30. The second kappa shape index (κ2) is 13.3. The number of unbranched alkanes of at least 4 members (excludes halogenated alkanes) is 4. The summed E-state index contributed by atoms with van der Waals surface area (Å²) >= 11 is 0. The van der Waals surface area contributed by atoms with Crippen molar-refractivity contribution in [1.82, 2.24) is 0 Å². The molecule has 0 atom stereocenters. The maximum absolute atomic E-state index is 12.3. The highest BCUT2D eigenvalue weighted by atomic mass is 16.6. The molecule has 0 spiro atoms. The molecular weight excluding hydrogens is 304 g/mol. The number of hydrogen-bond donors (Lipinski definition) is 0. The first kappa shape index (κ1) is 21.0. The third-order valence-corrected chi connectivity index (χ3v) is 4.89. The van der Waals surface area contributed by atoms with Crippen LogP contribution in [0.4, 0.5) is 0 Å². The molecule has 0 bridgehead atoms. The minimum Gasteiger partial charge on any atom is -0.465 e. The fraction of sp³-hybridized carbons (Fsp3) is 0.900. The molecule has 0 aromatic carbocycles. The summed E-state index contributed by atoms with van der Waals surface area (Å²) in [4.78, 5) is 24.6. The van der Waals surface area contributed by atoms with Gasteiger partial charge >= 0.3 is 11.9 Å². The minimum atomic E-state index is -0.728. The predicted molar refractivity (Wildman–Crippen MR) is 95.7 cm³/mol. The minimum absolute atomic E-state index is 0.385. The average Bonchev–Trinajstić information content (AvgIpc) is 3.09. The van der Waals surface area contributed by atoms with E-state index in [0.717, 1.165) is 44.9 Å². The van der Waals surface area contributed by atoms with Crippen LogP contribution in [0.15, 0.2) is 0 Å². The van der Waals surface area contributed by atoms with Gasteiger partial charge in [0.2, 0.25) is 0 Å². The van der Waals surface area contributed by atoms with Crippen molar-refractivity contribution in [3.63, 3.8) is 0 Å². The molecule has 4 heteroatoms. The molecule has 1 fully saturated rings. The Hall–Kier alpha value is -1.06. The average molecular weight is 341 g/mol. The van der Waals surface area contributed by atoms with E-state index in [4.69, 9.17) is 9.47 Å². The number of hydrogen-bond acceptors (Lipinski definition) is 4. The highest BCUT2D eigenvalue weighted by molar-refractivity contribution is 5.94. The lowest BCUT2D eigenvalue weighted by molar-refractivity contribution is -0.162. The van der Waals surface area contributed by atoms with Crippen molar-refractivity contribution in [2.75, 3.05) is 13.2 Å². The van der Waals surface area contributed by atoms with Crippen LogP contribution in [0.1, 0.15) is 90.9 Å². The molecule has 0 radical (unpaired) electrons. The Morgan fingerprint density at radius 1 is 0.875 bits per heavy atom. The van der Waals surface area contributed by atoms with Gasteiger partial charge in [0.05, 0.1) is 13.2 Å². The van der Waals surface area contributed by atoms with Crippen LogP contribution in [0.2, 0.25) is 0 Å². The van der Waals surface area contributed by atoms with E-state index in [1.54, 1.807) is 0 Å². The third kappa shape index (κ3) is 8.70. The van der Waals surface area contributed by atoms with Gasteiger partial charge in [-0.1, -0.05) is 65.2 Å². The van der Waals surface area contributed by atoms with E-state index in [1.807, 2.05) is 0 Å². The number of esters is 2. The van der Waals surface area contributed by atoms with Gasteiger partial charge in [-0.15, -0.1) is 0 Å². The predicted octanol–water partition coefficient (Wildman–Crippen LogP) is 5.04. The summed E-state index contributed by atoms with van der Waals surface area (Å²) in [5, 5.41) is 0. The molecule has 0 aromatic heterocycles. The fourth-order valence-electron chi connectivity index (χ4n) is 3.28. The van der Waals surface area contributed by atoms with E-state index < -0.39 is 5.92 Å². The Morgan fingerprint density at radius 3 is 1.83 bits per heavy atom. The van der Waals surface area contributed by atoms with Crippen LogP contribution in [0.5, 0.6) is 0 Å². The van der Waals surface area contributed by atoms with Gasteiger partial charge in [0.15, 0.2) is 5.92 Å². The van der Waals surface area contributed by atoms with E-state index in [1.165, 1.54) is 25.7 Å². The first-order valence-corrected chi connectivity index (χ1v) is 10.0. The Labute approximate surface area is 147 Å². The van der Waals surface area contributed by atoms with Crippen LogP contribution in [0.3, 0.4) is 0 Å². The summed E-state index contributed by atoms with van der Waals surface area (Å²) < 4.78 is 10.7. The maximum atomic E-state index is 12.3. The zero-order valence-electron chi connectivity index (χ0n) is 15.7. The fourth-order valence-corrected chi connectivity index (χ4v) is 3.28. The second-order valence-electron chi connectivity index (χ2n) is 7.03. The van der Waals surface area contributed by atoms with Gasteiger partial charge < -0.3 is 9.47 Å². The van der Waals surface area contributed by atoms with Gasteiger partial charge in [-0.2, -0.15) is 0 Å². The van der Waals surface area contributed by atoms with Crippen molar-refractivity contribution in [2.45, 2.75) is 90.9 Å². The van der Waals surface area contributed by atoms with Gasteiger partial charge in [0, 0.05) is 0 Å². The van der Waals surface area contributed by atoms with E-state index in [9.17, 15) is 9.59 Å². The molecule has 0 N–H and O–H groups in total. The molecule has 1 aliphatic rings. The standard InChI is InChI=1S/C20H36O4/c1-3-5-9-15-23-19(21)18(14-13-17-11-7-8-12-17)20(22)24-16-10-6-4-2/h17-18H,3-16H2,1-2H3. The molecule has 4 nitrogen and oxygen atoms in total. The zero-order chi connectivity index (χ0) is 17.6. The Morgan fingerprint density at radius 2 is 1.38 bits per heavy atom. The monoisotopic (exact) mass is 340 g/mol. The van der Waals surface area contributed by atoms with Crippen molar-refractivity contribution in [3.05, 3.63) is 0 Å². The van der Waals surface area contributed by atoms with Crippen LogP contribution in [0, 0.1) is 11.8 Å². The first-order chi connectivity index (χ1) is 11.7. The Bertz CT molecular complexity index is 324. The molecule has 0 aromatic rings. The van der Waals surface area contributed by atoms with Gasteiger partial charge in [-0.05, 0) is 31.6 Å². The summed E-state index contributed by atoms with van der Waals surface area (Å²) in [5.41, 5.74) is 0. The molecule has 0 saturated heterocycles. The van der Waals surface area contributed by atoms with Gasteiger partial charge in [-0.3, -0.25) is 9.59 Å². The van der Waals surface area contributed by atoms with Crippen LogP contribution < -0.4 is 0 Å². The molecule has 0 unspecified atom stereocenters. The molecule has 1 rings (SSSR count). The largest absolute Gasteiger partial charge is 0.465 e. The second-order valence-corrected chi connectivity index (χ2v) is 7.03. The topological polar surface area (TPSA) is 52.6 Å². The van der Waals surface area contributed by atoms with Crippen molar-refractivity contribution in [1.29, 1.82) is 0 Å². The summed E-state index contributed by atoms with van der Waals surface area (Å²) in [5.74, 6) is -0.837. The molecule has 24 heavy (non-hydrogen) atoms. The van der Waals surface area contributed by atoms with Crippen molar-refractivity contribution in [2.24, 2.45) is 11.8 Å². The summed E-state index contributed by atoms with van der Waals surface area (Å²) in [6, 6.07) is 0. The lowest BCUT2D eigenvalue weighted by Crippen LogP contribution is -2.29. The molecule has 1 aliphatic carbocycles. The molecule has 0 amide bonds. The summed E-state index contributed by atoms with van der Waals surface area (Å²) in [6.45, 7) is 5.05. The normalized spacial score (nSPS) is 15.0. The molecular formula is C20H36O4. The van der Waals surface area contributed by atoms with Crippen molar-refractivity contribution in [3.8, 4) is 0 Å². The molecule has 0 aliphatic heterocycles. The van der Waals surface area contributed by atoms with E-state index in [0.29, 0.717) is 25.6 Å². The number of ether oxygens (including phenoxy) is 2. The first-order valence-electron chi connectivity index (χ1n) is 10.0. The van der Waals surface area contributed by atoms with Crippen LogP contribution in [0.25, 0.3) is 0 Å². The summed E-state index contributed by atoms with van der Waals surface area (Å²) in [6.07, 6.45) is 12.5. The van der Waals surface area contributed by atoms with Crippen LogP contribution in [-0.4, -0.2) is 25.2 Å². The van der Waals surface area contributed by atoms with Crippen LogP contribution >= 0.6 is 0 Å². The number of carbonyl (C=O) groups excluding carboxylic acids is 2. The van der Waals surface area contributed by atoms with Crippen LogP contribution in [-0.2, 0) is 19.1 Å². The third-order valence-electron chi connectivity index (χ3n) is 4.89. The molecule has 0 heterocycles. The SMILES string of the molecule is CCCCCOC(=O)C(CCC1CCCC1)C(=O)OCCCCC. The maximum Gasteiger partial charge on any atom is 0.320 e. The molecule has 1 saturated carbocycles. The lowest BCUT2D eigenvalue weighted by Gasteiger charge is -2.17. The Kier molecular flexibility index (Phi) is 11.6. The highest BCUT2D eigenvalue weighted by Crippen LogP contribution is 2.30. The van der Waals surface area contributed by atoms with Gasteiger partial charge in [-0.25, -0.2) is 0 Å². The van der Waals surface area contributed by atoms with Crippen molar-refractivity contribution < 1.29 is 19.1 Å². The number of carbonyl (C=O) groups is 2. The lowest BCUT2D eigenvalue weighted by atomic mass is 9.94. The van der Waals surface area contributed by atoms with E-state index in [2.05, 4.69) is 13.8 Å². The van der Waals surface area contributed by atoms with E-state index in [-0.39, 0.29) is 11.9 Å². The zero-order valence-corrected chi connectivity index (χ0v) is 15.7. The summed E-state index contributed by atoms with van der Waals surface area (Å²) in [7, 11) is 0. The van der Waals surface area contributed by atoms with Gasteiger partial charge in [0.1, 0.15) is 0 Å². The smallest absolute Gasteiger partial charge is 0.320 e. The van der Waals surface area contributed by atoms with Gasteiger partial charge in [0.25, 0.3) is 0 Å². The Balaban J connectivity index is 2.43. The van der Waals surface area contributed by atoms with E-state index >= 15 is 0 Å².